The zero-order chi connectivity index (χ0) is 20.1. The fraction of sp³-hybridized carbons (Fsp3) is 0.600. The summed E-state index contributed by atoms with van der Waals surface area (Å²) in [5.74, 6) is 0.272. The average Bonchev–Trinajstić information content (AvgIpc) is 2.68. The number of hydrogen-bond acceptors (Lipinski definition) is 4. The van der Waals surface area contributed by atoms with Crippen LogP contribution in [0.15, 0.2) is 24.3 Å². The predicted molar refractivity (Wildman–Crippen MR) is 109 cm³/mol. The Morgan fingerprint density at radius 3 is 2.14 bits per heavy atom. The molecular weight excluding hydrogens is 378 g/mol. The lowest BCUT2D eigenvalue weighted by Gasteiger charge is -2.33. The van der Waals surface area contributed by atoms with E-state index in [-0.39, 0.29) is 23.8 Å². The molecule has 8 heteroatoms. The van der Waals surface area contributed by atoms with E-state index in [1.807, 2.05) is 0 Å². The third-order valence-corrected chi connectivity index (χ3v) is 6.15. The van der Waals surface area contributed by atoms with E-state index in [0.29, 0.717) is 24.3 Å². The Morgan fingerprint density at radius 1 is 0.964 bits per heavy atom. The first-order chi connectivity index (χ1) is 13.3. The van der Waals surface area contributed by atoms with Gasteiger partial charge in [-0.3, -0.25) is 14.3 Å². The molecular formula is C20H29N3O4S. The lowest BCUT2D eigenvalue weighted by molar-refractivity contribution is -0.126. The van der Waals surface area contributed by atoms with Crippen molar-refractivity contribution in [1.29, 1.82) is 0 Å². The molecule has 2 amide bonds. The second-order valence-electron chi connectivity index (χ2n) is 7.86. The van der Waals surface area contributed by atoms with Crippen LogP contribution in [0.2, 0.25) is 0 Å². The van der Waals surface area contributed by atoms with Crippen LogP contribution >= 0.6 is 0 Å². The number of carbonyl (C=O) groups is 2. The van der Waals surface area contributed by atoms with Crippen molar-refractivity contribution >= 4 is 27.5 Å². The van der Waals surface area contributed by atoms with E-state index in [2.05, 4.69) is 10.0 Å². The highest BCUT2D eigenvalue weighted by Crippen LogP contribution is 2.24. The number of piperidine rings is 1. The molecule has 7 nitrogen and oxygen atoms in total. The summed E-state index contributed by atoms with van der Waals surface area (Å²) in [6, 6.07) is 6.58. The van der Waals surface area contributed by atoms with Crippen LogP contribution in [-0.2, 0) is 14.8 Å². The predicted octanol–water partition coefficient (Wildman–Crippen LogP) is 2.36. The molecule has 28 heavy (non-hydrogen) atoms. The van der Waals surface area contributed by atoms with Gasteiger partial charge < -0.3 is 10.2 Å². The first-order valence-corrected chi connectivity index (χ1v) is 11.9. The maximum absolute atomic E-state index is 12.7. The average molecular weight is 408 g/mol. The topological polar surface area (TPSA) is 95.6 Å². The van der Waals surface area contributed by atoms with Gasteiger partial charge in [0.15, 0.2) is 0 Å². The number of carbonyl (C=O) groups excluding carboxylic acids is 2. The number of likely N-dealkylation sites (tertiary alicyclic amines) is 1. The van der Waals surface area contributed by atoms with Gasteiger partial charge in [-0.15, -0.1) is 0 Å². The third kappa shape index (κ3) is 5.70. The van der Waals surface area contributed by atoms with Gasteiger partial charge in [-0.2, -0.15) is 0 Å². The molecule has 3 rings (SSSR count). The van der Waals surface area contributed by atoms with Gasteiger partial charge in [0.1, 0.15) is 0 Å². The Bertz CT molecular complexity index is 793. The molecule has 2 aliphatic rings. The third-order valence-electron chi connectivity index (χ3n) is 5.54. The highest BCUT2D eigenvalue weighted by molar-refractivity contribution is 7.92. The molecule has 0 atom stereocenters. The van der Waals surface area contributed by atoms with Gasteiger partial charge in [0.25, 0.3) is 5.91 Å². The smallest absolute Gasteiger partial charge is 0.253 e. The molecule has 154 valence electrons. The van der Waals surface area contributed by atoms with Crippen molar-refractivity contribution in [3.8, 4) is 0 Å². The summed E-state index contributed by atoms with van der Waals surface area (Å²) < 4.78 is 24.9. The van der Waals surface area contributed by atoms with Gasteiger partial charge in [0.05, 0.1) is 6.26 Å². The van der Waals surface area contributed by atoms with Crippen LogP contribution in [-0.4, -0.2) is 50.5 Å². The van der Waals surface area contributed by atoms with Crippen LogP contribution in [0.1, 0.15) is 55.3 Å². The normalized spacial score (nSPS) is 19.2. The van der Waals surface area contributed by atoms with Crippen LogP contribution in [0.3, 0.4) is 0 Å². The van der Waals surface area contributed by atoms with Gasteiger partial charge in [-0.1, -0.05) is 19.3 Å². The minimum atomic E-state index is -3.34. The largest absolute Gasteiger partial charge is 0.353 e. The fourth-order valence-electron chi connectivity index (χ4n) is 3.99. The summed E-state index contributed by atoms with van der Waals surface area (Å²) in [6.45, 7) is 1.22. The quantitative estimate of drug-likeness (QED) is 0.783. The van der Waals surface area contributed by atoms with Gasteiger partial charge in [0.2, 0.25) is 15.9 Å². The lowest BCUT2D eigenvalue weighted by Crippen LogP contribution is -2.48. The van der Waals surface area contributed by atoms with Crippen molar-refractivity contribution < 1.29 is 18.0 Å². The molecule has 0 aromatic heterocycles. The second-order valence-corrected chi connectivity index (χ2v) is 9.61. The monoisotopic (exact) mass is 407 g/mol. The van der Waals surface area contributed by atoms with Crippen LogP contribution < -0.4 is 10.0 Å². The zero-order valence-electron chi connectivity index (χ0n) is 16.3. The number of nitrogens with zero attached hydrogens (tertiary/aromatic N) is 1. The maximum Gasteiger partial charge on any atom is 0.253 e. The van der Waals surface area contributed by atoms with Crippen LogP contribution in [0.4, 0.5) is 5.69 Å². The number of rotatable bonds is 5. The minimum absolute atomic E-state index is 0.0667. The molecule has 0 unspecified atom stereocenters. The summed E-state index contributed by atoms with van der Waals surface area (Å²) in [5.41, 5.74) is 0.965. The van der Waals surface area contributed by atoms with E-state index in [1.165, 1.54) is 6.42 Å². The highest BCUT2D eigenvalue weighted by Gasteiger charge is 2.27. The molecule has 1 heterocycles. The molecule has 1 aromatic carbocycles. The van der Waals surface area contributed by atoms with Crippen molar-refractivity contribution in [2.24, 2.45) is 5.92 Å². The summed E-state index contributed by atoms with van der Waals surface area (Å²) in [6.07, 6.45) is 8.11. The summed E-state index contributed by atoms with van der Waals surface area (Å²) in [5, 5.41) is 3.17. The Morgan fingerprint density at radius 2 is 1.57 bits per heavy atom. The minimum Gasteiger partial charge on any atom is -0.353 e. The summed E-state index contributed by atoms with van der Waals surface area (Å²) >= 11 is 0. The highest BCUT2D eigenvalue weighted by atomic mass is 32.2. The molecule has 1 saturated carbocycles. The lowest BCUT2D eigenvalue weighted by atomic mass is 9.88. The first-order valence-electron chi connectivity index (χ1n) is 9.99. The molecule has 0 radical (unpaired) electrons. The number of benzene rings is 1. The van der Waals surface area contributed by atoms with Crippen LogP contribution in [0.25, 0.3) is 0 Å². The number of hydrogen-bond donors (Lipinski definition) is 2. The van der Waals surface area contributed by atoms with Gasteiger partial charge in [-0.25, -0.2) is 8.42 Å². The Hall–Kier alpha value is -2.09. The van der Waals surface area contributed by atoms with Crippen molar-refractivity contribution in [3.05, 3.63) is 29.8 Å². The number of amides is 2. The Kier molecular flexibility index (Phi) is 6.59. The van der Waals surface area contributed by atoms with E-state index in [4.69, 9.17) is 0 Å². The van der Waals surface area contributed by atoms with E-state index in [1.54, 1.807) is 29.2 Å². The molecule has 1 saturated heterocycles. The van der Waals surface area contributed by atoms with Gasteiger partial charge in [-0.05, 0) is 49.9 Å². The number of anilines is 1. The molecule has 2 fully saturated rings. The Balaban J connectivity index is 1.48. The van der Waals surface area contributed by atoms with E-state index < -0.39 is 10.0 Å². The molecule has 1 aliphatic carbocycles. The van der Waals surface area contributed by atoms with Gasteiger partial charge in [0, 0.05) is 36.3 Å². The van der Waals surface area contributed by atoms with E-state index in [0.717, 1.165) is 44.8 Å². The first kappa shape index (κ1) is 20.6. The van der Waals surface area contributed by atoms with Gasteiger partial charge >= 0.3 is 0 Å². The van der Waals surface area contributed by atoms with Crippen molar-refractivity contribution in [2.45, 2.75) is 51.0 Å². The van der Waals surface area contributed by atoms with Crippen LogP contribution in [0.5, 0.6) is 0 Å². The van der Waals surface area contributed by atoms with E-state index >= 15 is 0 Å². The molecule has 0 spiro atoms. The van der Waals surface area contributed by atoms with E-state index in [9.17, 15) is 18.0 Å². The summed E-state index contributed by atoms with van der Waals surface area (Å²) in [4.78, 5) is 26.9. The second kappa shape index (κ2) is 8.94. The number of sulfonamides is 1. The number of nitrogens with one attached hydrogen (secondary N) is 2. The van der Waals surface area contributed by atoms with Crippen molar-refractivity contribution in [2.75, 3.05) is 24.1 Å². The fourth-order valence-corrected chi connectivity index (χ4v) is 4.55. The summed E-state index contributed by atoms with van der Waals surface area (Å²) in [7, 11) is -3.34. The standard InChI is InChI=1S/C20H29N3O4S/c1-28(26,27)22-18-9-7-16(8-10-18)20(25)23-13-11-17(12-14-23)21-19(24)15-5-3-2-4-6-15/h7-10,15,17,22H,2-6,11-14H2,1H3,(H,21,24). The molecule has 1 aliphatic heterocycles. The zero-order valence-corrected chi connectivity index (χ0v) is 17.1. The van der Waals surface area contributed by atoms with Crippen LogP contribution in [0, 0.1) is 5.92 Å². The van der Waals surface area contributed by atoms with Crippen molar-refractivity contribution in [3.63, 3.8) is 0 Å². The Labute approximate surface area is 166 Å². The molecule has 1 aromatic rings. The maximum atomic E-state index is 12.7. The molecule has 2 N–H and O–H groups in total. The molecule has 0 bridgehead atoms. The SMILES string of the molecule is CS(=O)(=O)Nc1ccc(C(=O)N2CCC(NC(=O)C3CCCCC3)CC2)cc1. The van der Waals surface area contributed by atoms with Crippen molar-refractivity contribution in [1.82, 2.24) is 10.2 Å².